The van der Waals surface area contributed by atoms with Crippen molar-refractivity contribution in [2.75, 3.05) is 38.7 Å². The van der Waals surface area contributed by atoms with E-state index in [1.165, 1.54) is 0 Å². The van der Waals surface area contributed by atoms with Gasteiger partial charge in [-0.15, -0.1) is 5.10 Å². The fraction of sp³-hybridized carbons (Fsp3) is 0.750. The van der Waals surface area contributed by atoms with Gasteiger partial charge < -0.3 is 9.80 Å². The number of likely N-dealkylation sites (N-methyl/N-ethyl adjacent to an activating group) is 1. The molecule has 0 aliphatic carbocycles. The lowest BCUT2D eigenvalue weighted by atomic mass is 10.2. The highest BCUT2D eigenvalue weighted by Crippen LogP contribution is 2.18. The Morgan fingerprint density at radius 3 is 3.00 bits per heavy atom. The van der Waals surface area contributed by atoms with Crippen molar-refractivity contribution in [3.05, 3.63) is 11.9 Å². The summed E-state index contributed by atoms with van der Waals surface area (Å²) in [6, 6.07) is 0.247. The van der Waals surface area contributed by atoms with Gasteiger partial charge in [-0.05, 0) is 26.3 Å². The minimum Gasteiger partial charge on any atom is -0.332 e. The number of hydrogen-bond acceptors (Lipinski definition) is 5. The van der Waals surface area contributed by atoms with E-state index in [4.69, 9.17) is 0 Å². The summed E-state index contributed by atoms with van der Waals surface area (Å²) in [5, 5.41) is 7.78. The van der Waals surface area contributed by atoms with Crippen molar-refractivity contribution in [1.29, 1.82) is 0 Å². The average Bonchev–Trinajstić information content (AvgIpc) is 2.65. The maximum absolute atomic E-state index is 12.5. The summed E-state index contributed by atoms with van der Waals surface area (Å²) in [5.41, 5.74) is 0.443. The van der Waals surface area contributed by atoms with E-state index in [0.717, 1.165) is 31.0 Å². The fourth-order valence-corrected chi connectivity index (χ4v) is 3.32. The first-order chi connectivity index (χ1) is 9.08. The van der Waals surface area contributed by atoms with Crippen molar-refractivity contribution in [3.63, 3.8) is 0 Å². The van der Waals surface area contributed by atoms with E-state index < -0.39 is 0 Å². The van der Waals surface area contributed by atoms with Crippen LogP contribution in [0.15, 0.2) is 6.20 Å². The van der Waals surface area contributed by atoms with E-state index in [-0.39, 0.29) is 11.9 Å². The monoisotopic (exact) mass is 283 g/mol. The van der Waals surface area contributed by atoms with Crippen molar-refractivity contribution >= 4 is 17.7 Å². The quantitative estimate of drug-likeness (QED) is 0.800. The van der Waals surface area contributed by atoms with Gasteiger partial charge in [-0.25, -0.2) is 0 Å². The molecule has 1 saturated heterocycles. The molecule has 2 heterocycles. The Kier molecular flexibility index (Phi) is 4.81. The van der Waals surface area contributed by atoms with Gasteiger partial charge in [0.25, 0.3) is 5.91 Å². The van der Waals surface area contributed by atoms with Crippen molar-refractivity contribution in [2.45, 2.75) is 12.5 Å². The number of thioether (sulfide) groups is 1. The summed E-state index contributed by atoms with van der Waals surface area (Å²) in [5.74, 6) is 2.11. The molecule has 1 aromatic rings. The second-order valence-electron chi connectivity index (χ2n) is 5.12. The van der Waals surface area contributed by atoms with Crippen LogP contribution >= 0.6 is 11.8 Å². The largest absolute Gasteiger partial charge is 0.332 e. The molecule has 0 spiro atoms. The smallest absolute Gasteiger partial charge is 0.276 e. The number of amides is 1. The van der Waals surface area contributed by atoms with Gasteiger partial charge in [-0.3, -0.25) is 9.48 Å². The predicted molar refractivity (Wildman–Crippen MR) is 76.3 cm³/mol. The second-order valence-corrected chi connectivity index (χ2v) is 6.27. The summed E-state index contributed by atoms with van der Waals surface area (Å²) < 4.78 is 1.57. The van der Waals surface area contributed by atoms with E-state index in [1.807, 2.05) is 30.8 Å². The molecule has 2 rings (SSSR count). The molecule has 0 radical (unpaired) electrons. The number of carbonyl (C=O) groups excluding carboxylic acids is 1. The molecular formula is C12H21N5OS. The Balaban J connectivity index is 2.14. The molecule has 1 amide bonds. The molecule has 1 aliphatic heterocycles. The Labute approximate surface area is 118 Å². The van der Waals surface area contributed by atoms with E-state index in [0.29, 0.717) is 5.69 Å². The highest BCUT2D eigenvalue weighted by atomic mass is 32.2. The zero-order chi connectivity index (χ0) is 13.8. The van der Waals surface area contributed by atoms with Gasteiger partial charge in [0.2, 0.25) is 0 Å². The molecule has 19 heavy (non-hydrogen) atoms. The molecule has 0 saturated carbocycles. The van der Waals surface area contributed by atoms with Crippen molar-refractivity contribution in [2.24, 2.45) is 7.05 Å². The average molecular weight is 283 g/mol. The number of rotatable bonds is 3. The van der Waals surface area contributed by atoms with Gasteiger partial charge in [-0.2, -0.15) is 11.8 Å². The molecule has 1 atom stereocenters. The molecule has 1 fully saturated rings. The zero-order valence-electron chi connectivity index (χ0n) is 11.7. The van der Waals surface area contributed by atoms with Crippen LogP contribution in [0.3, 0.4) is 0 Å². The summed E-state index contributed by atoms with van der Waals surface area (Å²) in [6.45, 7) is 1.69. The number of carbonyl (C=O) groups is 1. The SMILES string of the molecule is CN(C)C[C@H]1CSCCCN1C(=O)c1cn(C)nn1. The van der Waals surface area contributed by atoms with E-state index >= 15 is 0 Å². The van der Waals surface area contributed by atoms with Gasteiger partial charge in [0.15, 0.2) is 5.69 Å². The molecule has 0 unspecified atom stereocenters. The summed E-state index contributed by atoms with van der Waals surface area (Å²) in [4.78, 5) is 16.6. The second kappa shape index (κ2) is 6.38. The van der Waals surface area contributed by atoms with Crippen LogP contribution in [0.5, 0.6) is 0 Å². The lowest BCUT2D eigenvalue weighted by molar-refractivity contribution is 0.0669. The van der Waals surface area contributed by atoms with Crippen LogP contribution in [-0.2, 0) is 7.05 Å². The van der Waals surface area contributed by atoms with Crippen molar-refractivity contribution in [1.82, 2.24) is 24.8 Å². The molecule has 7 heteroatoms. The summed E-state index contributed by atoms with van der Waals surface area (Å²) in [6.07, 6.45) is 2.73. The fourth-order valence-electron chi connectivity index (χ4n) is 2.26. The van der Waals surface area contributed by atoms with Crippen LogP contribution in [0.25, 0.3) is 0 Å². The maximum Gasteiger partial charge on any atom is 0.276 e. The molecule has 0 aromatic carbocycles. The molecule has 0 bridgehead atoms. The van der Waals surface area contributed by atoms with Crippen LogP contribution in [0.4, 0.5) is 0 Å². The van der Waals surface area contributed by atoms with Gasteiger partial charge in [0, 0.05) is 25.9 Å². The lowest BCUT2D eigenvalue weighted by Gasteiger charge is -2.31. The minimum absolute atomic E-state index is 0.00227. The first-order valence-corrected chi connectivity index (χ1v) is 7.63. The van der Waals surface area contributed by atoms with Crippen LogP contribution < -0.4 is 0 Å². The normalized spacial score (nSPS) is 20.6. The molecule has 0 N–H and O–H groups in total. The van der Waals surface area contributed by atoms with Gasteiger partial charge in [-0.1, -0.05) is 5.21 Å². The Hall–Kier alpha value is -1.08. The van der Waals surface area contributed by atoms with E-state index in [2.05, 4.69) is 15.2 Å². The third-order valence-corrected chi connectivity index (χ3v) is 4.30. The highest BCUT2D eigenvalue weighted by Gasteiger charge is 2.28. The van der Waals surface area contributed by atoms with Crippen LogP contribution in [-0.4, -0.2) is 75.4 Å². The third kappa shape index (κ3) is 3.70. The standard InChI is InChI=1S/C12H21N5OS/c1-15(2)7-10-9-19-6-4-5-17(10)12(18)11-8-16(3)14-13-11/h8,10H,4-7,9H2,1-3H3/t10-/m0/s1. The first-order valence-electron chi connectivity index (χ1n) is 6.47. The maximum atomic E-state index is 12.5. The van der Waals surface area contributed by atoms with Gasteiger partial charge >= 0.3 is 0 Å². The number of hydrogen-bond donors (Lipinski definition) is 0. The van der Waals surface area contributed by atoms with E-state index in [9.17, 15) is 4.79 Å². The number of nitrogens with zero attached hydrogens (tertiary/aromatic N) is 5. The zero-order valence-corrected chi connectivity index (χ0v) is 12.6. The van der Waals surface area contributed by atoms with Gasteiger partial charge in [0.05, 0.1) is 12.2 Å². The first kappa shape index (κ1) is 14.3. The molecule has 1 aromatic heterocycles. The minimum atomic E-state index is 0.00227. The number of aryl methyl sites for hydroxylation is 1. The topological polar surface area (TPSA) is 54.3 Å². The molecule has 1 aliphatic rings. The Morgan fingerprint density at radius 2 is 2.37 bits per heavy atom. The van der Waals surface area contributed by atoms with Crippen molar-refractivity contribution < 1.29 is 4.79 Å². The van der Waals surface area contributed by atoms with Gasteiger partial charge in [0.1, 0.15) is 0 Å². The number of aromatic nitrogens is 3. The summed E-state index contributed by atoms with van der Waals surface area (Å²) in [7, 11) is 5.86. The summed E-state index contributed by atoms with van der Waals surface area (Å²) >= 11 is 1.93. The van der Waals surface area contributed by atoms with Crippen LogP contribution in [0.2, 0.25) is 0 Å². The predicted octanol–water partition coefficient (Wildman–Crippen LogP) is 0.324. The third-order valence-electron chi connectivity index (χ3n) is 3.10. The Morgan fingerprint density at radius 1 is 1.58 bits per heavy atom. The van der Waals surface area contributed by atoms with Crippen LogP contribution in [0.1, 0.15) is 16.9 Å². The molecular weight excluding hydrogens is 262 g/mol. The molecule has 106 valence electrons. The Bertz CT molecular complexity index is 434. The molecule has 6 nitrogen and oxygen atoms in total. The highest BCUT2D eigenvalue weighted by molar-refractivity contribution is 7.99. The van der Waals surface area contributed by atoms with Crippen LogP contribution in [0, 0.1) is 0 Å². The lowest BCUT2D eigenvalue weighted by Crippen LogP contribution is -2.46. The van der Waals surface area contributed by atoms with Crippen molar-refractivity contribution in [3.8, 4) is 0 Å². The van der Waals surface area contributed by atoms with E-state index in [1.54, 1.807) is 17.9 Å².